The smallest absolute Gasteiger partial charge is 0.218 e. The zero-order chi connectivity index (χ0) is 21.8. The number of aliphatic imine (C=N–C) groups is 1. The fraction of sp³-hybridized carbons (Fsp3) is 0.739. The van der Waals surface area contributed by atoms with Crippen molar-refractivity contribution < 1.29 is 14.2 Å². The molecule has 174 valence electrons. The molecule has 2 N–H and O–H groups in total. The van der Waals surface area contributed by atoms with Crippen LogP contribution in [0.4, 0.5) is 0 Å². The van der Waals surface area contributed by atoms with E-state index in [-0.39, 0.29) is 5.54 Å². The molecule has 8 nitrogen and oxygen atoms in total. The Kier molecular flexibility index (Phi) is 9.84. The Morgan fingerprint density at radius 3 is 2.74 bits per heavy atom. The van der Waals surface area contributed by atoms with Gasteiger partial charge in [0.05, 0.1) is 26.4 Å². The van der Waals surface area contributed by atoms with Crippen LogP contribution in [0.15, 0.2) is 23.3 Å². The third-order valence-electron chi connectivity index (χ3n) is 6.18. The zero-order valence-corrected chi connectivity index (χ0v) is 19.2. The van der Waals surface area contributed by atoms with Crippen molar-refractivity contribution in [3.63, 3.8) is 0 Å². The van der Waals surface area contributed by atoms with Crippen LogP contribution in [0.5, 0.6) is 5.88 Å². The van der Waals surface area contributed by atoms with Crippen LogP contribution >= 0.6 is 0 Å². The number of aromatic nitrogens is 1. The second-order valence-corrected chi connectivity index (χ2v) is 8.24. The Hall–Kier alpha value is -1.90. The van der Waals surface area contributed by atoms with Gasteiger partial charge in [-0.05, 0) is 25.8 Å². The van der Waals surface area contributed by atoms with Gasteiger partial charge in [-0.3, -0.25) is 4.90 Å². The van der Waals surface area contributed by atoms with Gasteiger partial charge in [0, 0.05) is 50.6 Å². The third-order valence-corrected chi connectivity index (χ3v) is 6.18. The molecule has 1 saturated carbocycles. The van der Waals surface area contributed by atoms with Crippen LogP contribution in [0.1, 0.15) is 44.6 Å². The fourth-order valence-corrected chi connectivity index (χ4v) is 4.50. The molecule has 0 aromatic carbocycles. The summed E-state index contributed by atoms with van der Waals surface area (Å²) in [6.07, 6.45) is 8.15. The Labute approximate surface area is 186 Å². The van der Waals surface area contributed by atoms with E-state index in [1.165, 1.54) is 32.1 Å². The van der Waals surface area contributed by atoms with E-state index in [4.69, 9.17) is 19.2 Å². The zero-order valence-electron chi connectivity index (χ0n) is 19.2. The molecule has 31 heavy (non-hydrogen) atoms. The molecule has 2 aliphatic rings. The van der Waals surface area contributed by atoms with Crippen LogP contribution < -0.4 is 15.4 Å². The first-order valence-electron chi connectivity index (χ1n) is 11.7. The number of morpholine rings is 1. The molecule has 1 aromatic rings. The maximum atomic E-state index is 5.76. The lowest BCUT2D eigenvalue weighted by Gasteiger charge is -2.48. The van der Waals surface area contributed by atoms with E-state index in [2.05, 4.69) is 27.4 Å². The van der Waals surface area contributed by atoms with Crippen molar-refractivity contribution in [2.75, 3.05) is 59.7 Å². The molecule has 0 spiro atoms. The molecule has 2 fully saturated rings. The monoisotopic (exact) mass is 433 g/mol. The number of hydrogen-bond donors (Lipinski definition) is 2. The predicted octanol–water partition coefficient (Wildman–Crippen LogP) is 2.20. The van der Waals surface area contributed by atoms with Gasteiger partial charge in [-0.2, -0.15) is 0 Å². The number of rotatable bonds is 10. The second kappa shape index (κ2) is 12.8. The lowest BCUT2D eigenvalue weighted by molar-refractivity contribution is -0.0352. The minimum absolute atomic E-state index is 0.195. The number of ether oxygens (including phenoxy) is 3. The second-order valence-electron chi connectivity index (χ2n) is 8.24. The summed E-state index contributed by atoms with van der Waals surface area (Å²) < 4.78 is 16.4. The average Bonchev–Trinajstić information content (AvgIpc) is 2.83. The maximum Gasteiger partial charge on any atom is 0.218 e. The van der Waals surface area contributed by atoms with E-state index in [0.717, 1.165) is 50.9 Å². The predicted molar refractivity (Wildman–Crippen MR) is 123 cm³/mol. The SMILES string of the molecule is CCNC(=NCc1cccnc1OCCOC)NCC1(N2CCOCC2)CCCCC1. The first kappa shape index (κ1) is 23.8. The summed E-state index contributed by atoms with van der Waals surface area (Å²) >= 11 is 0. The highest BCUT2D eigenvalue weighted by Crippen LogP contribution is 2.33. The first-order valence-corrected chi connectivity index (χ1v) is 11.7. The molecule has 2 heterocycles. The number of nitrogens with zero attached hydrogens (tertiary/aromatic N) is 3. The van der Waals surface area contributed by atoms with Crippen molar-refractivity contribution in [1.29, 1.82) is 0 Å². The summed E-state index contributed by atoms with van der Waals surface area (Å²) in [6.45, 7) is 9.06. The number of guanidine groups is 1. The molecule has 0 amide bonds. The molecule has 0 unspecified atom stereocenters. The van der Waals surface area contributed by atoms with E-state index in [9.17, 15) is 0 Å². The highest BCUT2D eigenvalue weighted by atomic mass is 16.5. The van der Waals surface area contributed by atoms with Crippen LogP contribution in [-0.2, 0) is 16.0 Å². The highest BCUT2D eigenvalue weighted by molar-refractivity contribution is 5.79. The molecule has 1 aliphatic carbocycles. The summed E-state index contributed by atoms with van der Waals surface area (Å²) in [4.78, 5) is 11.8. The largest absolute Gasteiger partial charge is 0.475 e. The van der Waals surface area contributed by atoms with Crippen molar-refractivity contribution in [2.45, 2.75) is 51.1 Å². The van der Waals surface area contributed by atoms with Gasteiger partial charge in [0.25, 0.3) is 0 Å². The summed E-state index contributed by atoms with van der Waals surface area (Å²) in [7, 11) is 1.66. The highest BCUT2D eigenvalue weighted by Gasteiger charge is 2.38. The Balaban J connectivity index is 1.65. The summed E-state index contributed by atoms with van der Waals surface area (Å²) in [5.74, 6) is 1.46. The van der Waals surface area contributed by atoms with Crippen LogP contribution in [0.2, 0.25) is 0 Å². The van der Waals surface area contributed by atoms with Crippen molar-refractivity contribution in [2.24, 2.45) is 4.99 Å². The third kappa shape index (κ3) is 7.05. The van der Waals surface area contributed by atoms with Crippen LogP contribution in [0.3, 0.4) is 0 Å². The Bertz CT molecular complexity index is 673. The molecule has 1 aliphatic heterocycles. The van der Waals surface area contributed by atoms with Crippen molar-refractivity contribution in [3.8, 4) is 5.88 Å². The molecule has 0 bridgehead atoms. The number of hydrogen-bond acceptors (Lipinski definition) is 6. The Morgan fingerprint density at radius 2 is 2.00 bits per heavy atom. The van der Waals surface area contributed by atoms with Gasteiger partial charge >= 0.3 is 0 Å². The molecular formula is C23H39N5O3. The molecule has 1 aromatic heterocycles. The van der Waals surface area contributed by atoms with Crippen molar-refractivity contribution >= 4 is 5.96 Å². The number of nitrogens with one attached hydrogen (secondary N) is 2. The lowest BCUT2D eigenvalue weighted by atomic mass is 9.80. The Morgan fingerprint density at radius 1 is 1.19 bits per heavy atom. The summed E-state index contributed by atoms with van der Waals surface area (Å²) in [5, 5.41) is 7.04. The summed E-state index contributed by atoms with van der Waals surface area (Å²) in [5.41, 5.74) is 1.16. The molecule has 0 radical (unpaired) electrons. The first-order chi connectivity index (χ1) is 15.3. The number of methoxy groups -OCH3 is 1. The van der Waals surface area contributed by atoms with Gasteiger partial charge in [0.2, 0.25) is 5.88 Å². The van der Waals surface area contributed by atoms with Crippen LogP contribution in [-0.4, -0.2) is 81.1 Å². The molecular weight excluding hydrogens is 394 g/mol. The van der Waals surface area contributed by atoms with E-state index in [1.54, 1.807) is 13.3 Å². The fourth-order valence-electron chi connectivity index (χ4n) is 4.50. The van der Waals surface area contributed by atoms with Gasteiger partial charge in [-0.15, -0.1) is 0 Å². The van der Waals surface area contributed by atoms with E-state index >= 15 is 0 Å². The normalized spacial score (nSPS) is 19.7. The van der Waals surface area contributed by atoms with Crippen molar-refractivity contribution in [1.82, 2.24) is 20.5 Å². The van der Waals surface area contributed by atoms with Crippen LogP contribution in [0, 0.1) is 0 Å². The molecule has 8 heteroatoms. The van der Waals surface area contributed by atoms with Gasteiger partial charge in [0.1, 0.15) is 6.61 Å². The number of pyridine rings is 1. The van der Waals surface area contributed by atoms with Crippen LogP contribution in [0.25, 0.3) is 0 Å². The van der Waals surface area contributed by atoms with E-state index in [0.29, 0.717) is 25.6 Å². The van der Waals surface area contributed by atoms with Gasteiger partial charge in [-0.1, -0.05) is 25.3 Å². The van der Waals surface area contributed by atoms with E-state index < -0.39 is 0 Å². The standard InChI is InChI=1S/C23H39N5O3/c1-3-24-22(26-18-20-8-7-11-25-21(20)31-17-16-29-2)27-19-23(9-5-4-6-10-23)28-12-14-30-15-13-28/h7-8,11H,3-6,9-10,12-19H2,1-2H3,(H2,24,26,27). The minimum Gasteiger partial charge on any atom is -0.475 e. The molecule has 3 rings (SSSR count). The quantitative estimate of drug-likeness (QED) is 0.333. The molecule has 1 saturated heterocycles. The van der Waals surface area contributed by atoms with E-state index in [1.807, 2.05) is 12.1 Å². The van der Waals surface area contributed by atoms with Gasteiger partial charge in [-0.25, -0.2) is 9.98 Å². The maximum absolute atomic E-state index is 5.76. The summed E-state index contributed by atoms with van der Waals surface area (Å²) in [6, 6.07) is 3.93. The lowest BCUT2D eigenvalue weighted by Crippen LogP contribution is -2.60. The topological polar surface area (TPSA) is 80.2 Å². The van der Waals surface area contributed by atoms with Crippen molar-refractivity contribution in [3.05, 3.63) is 23.9 Å². The molecule has 0 atom stereocenters. The minimum atomic E-state index is 0.195. The van der Waals surface area contributed by atoms with Gasteiger partial charge in [0.15, 0.2) is 5.96 Å². The van der Waals surface area contributed by atoms with Gasteiger partial charge < -0.3 is 24.8 Å². The average molecular weight is 434 g/mol.